The van der Waals surface area contributed by atoms with Crippen molar-refractivity contribution in [2.24, 2.45) is 0 Å². The Morgan fingerprint density at radius 2 is 1.97 bits per heavy atom. The van der Waals surface area contributed by atoms with E-state index in [4.69, 9.17) is 14.7 Å². The fraction of sp³-hybridized carbons (Fsp3) is 0.640. The first-order valence-corrected chi connectivity index (χ1v) is 12.1. The molecular formula is C25H37N5O2. The van der Waals surface area contributed by atoms with Gasteiger partial charge >= 0.3 is 0 Å². The van der Waals surface area contributed by atoms with Gasteiger partial charge in [-0.05, 0) is 50.8 Å². The number of rotatable bonds is 6. The molecular weight excluding hydrogens is 402 g/mol. The van der Waals surface area contributed by atoms with E-state index in [9.17, 15) is 4.79 Å². The van der Waals surface area contributed by atoms with E-state index < -0.39 is 0 Å². The molecule has 0 saturated carbocycles. The summed E-state index contributed by atoms with van der Waals surface area (Å²) in [7, 11) is 1.78. The summed E-state index contributed by atoms with van der Waals surface area (Å²) in [6, 6.07) is 6.89. The van der Waals surface area contributed by atoms with Crippen molar-refractivity contribution in [3.8, 4) is 0 Å². The van der Waals surface area contributed by atoms with Gasteiger partial charge in [0.15, 0.2) is 0 Å². The third-order valence-corrected chi connectivity index (χ3v) is 6.94. The summed E-state index contributed by atoms with van der Waals surface area (Å²) >= 11 is 0. The van der Waals surface area contributed by atoms with Crippen molar-refractivity contribution in [1.29, 1.82) is 0 Å². The SMILES string of the molecule is COCC[C@H]1CCCCN1Cc1nc(N2CCCN(C(C)=O)CC2)c2cccc(C)c2n1. The third-order valence-electron chi connectivity index (χ3n) is 6.94. The molecule has 1 aromatic heterocycles. The number of benzene rings is 1. The van der Waals surface area contributed by atoms with Crippen molar-refractivity contribution in [3.63, 3.8) is 0 Å². The molecule has 1 amide bonds. The van der Waals surface area contributed by atoms with Crippen molar-refractivity contribution in [3.05, 3.63) is 29.6 Å². The molecule has 0 bridgehead atoms. The number of fused-ring (bicyclic) bond motifs is 1. The lowest BCUT2D eigenvalue weighted by Crippen LogP contribution is -2.40. The Labute approximate surface area is 191 Å². The Hall–Kier alpha value is -2.25. The first-order valence-electron chi connectivity index (χ1n) is 12.1. The van der Waals surface area contributed by atoms with Crippen LogP contribution >= 0.6 is 0 Å². The number of amides is 1. The normalized spacial score (nSPS) is 20.5. The number of aryl methyl sites for hydroxylation is 1. The van der Waals surface area contributed by atoms with E-state index in [2.05, 4.69) is 34.9 Å². The zero-order valence-corrected chi connectivity index (χ0v) is 19.8. The van der Waals surface area contributed by atoms with E-state index in [0.29, 0.717) is 6.04 Å². The predicted molar refractivity (Wildman–Crippen MR) is 128 cm³/mol. The average molecular weight is 440 g/mol. The van der Waals surface area contributed by atoms with Crippen LogP contribution in [0.25, 0.3) is 10.9 Å². The number of hydrogen-bond donors (Lipinski definition) is 0. The molecule has 3 heterocycles. The lowest BCUT2D eigenvalue weighted by atomic mass is 9.99. The molecule has 7 nitrogen and oxygen atoms in total. The van der Waals surface area contributed by atoms with Crippen LogP contribution in [-0.4, -0.2) is 78.2 Å². The number of nitrogens with zero attached hydrogens (tertiary/aromatic N) is 5. The maximum atomic E-state index is 11.9. The van der Waals surface area contributed by atoms with Gasteiger partial charge in [0.05, 0.1) is 12.1 Å². The van der Waals surface area contributed by atoms with Gasteiger partial charge < -0.3 is 14.5 Å². The molecule has 0 aliphatic carbocycles. The van der Waals surface area contributed by atoms with E-state index in [1.165, 1.54) is 24.8 Å². The molecule has 32 heavy (non-hydrogen) atoms. The molecule has 7 heteroatoms. The average Bonchev–Trinajstić information content (AvgIpc) is 3.05. The smallest absolute Gasteiger partial charge is 0.219 e. The summed E-state index contributed by atoms with van der Waals surface area (Å²) < 4.78 is 5.36. The molecule has 2 saturated heterocycles. The van der Waals surface area contributed by atoms with Gasteiger partial charge in [-0.15, -0.1) is 0 Å². The van der Waals surface area contributed by atoms with E-state index in [1.54, 1.807) is 14.0 Å². The largest absolute Gasteiger partial charge is 0.385 e. The molecule has 1 atom stereocenters. The second-order valence-electron chi connectivity index (χ2n) is 9.18. The van der Waals surface area contributed by atoms with Gasteiger partial charge in [-0.3, -0.25) is 9.69 Å². The van der Waals surface area contributed by atoms with Gasteiger partial charge in [-0.25, -0.2) is 9.97 Å². The molecule has 2 aromatic rings. The summed E-state index contributed by atoms with van der Waals surface area (Å²) in [5, 5.41) is 1.11. The maximum Gasteiger partial charge on any atom is 0.219 e. The van der Waals surface area contributed by atoms with Crippen molar-refractivity contribution < 1.29 is 9.53 Å². The lowest BCUT2D eigenvalue weighted by Gasteiger charge is -2.35. The standard InChI is InChI=1S/C25H37N5O2/c1-19-8-6-10-22-24(19)26-23(18-30-12-5-4-9-21(30)11-17-32-3)27-25(22)29-14-7-13-28(15-16-29)20(2)31/h6,8,10,21H,4-5,7,9,11-18H2,1-3H3/t21-/m1/s1. The highest BCUT2D eigenvalue weighted by Gasteiger charge is 2.25. The van der Waals surface area contributed by atoms with E-state index in [0.717, 1.165) is 81.3 Å². The molecule has 0 spiro atoms. The number of hydrogen-bond acceptors (Lipinski definition) is 6. The van der Waals surface area contributed by atoms with Crippen molar-refractivity contribution in [2.45, 2.75) is 58.5 Å². The number of carbonyl (C=O) groups excluding carboxylic acids is 1. The van der Waals surface area contributed by atoms with Crippen LogP contribution in [0.3, 0.4) is 0 Å². The highest BCUT2D eigenvalue weighted by molar-refractivity contribution is 5.91. The number of para-hydroxylation sites is 1. The van der Waals surface area contributed by atoms with Gasteiger partial charge in [-0.1, -0.05) is 18.6 Å². The number of ether oxygens (including phenoxy) is 1. The number of likely N-dealkylation sites (tertiary alicyclic amines) is 1. The second-order valence-corrected chi connectivity index (χ2v) is 9.18. The third kappa shape index (κ3) is 5.21. The monoisotopic (exact) mass is 439 g/mol. The topological polar surface area (TPSA) is 61.8 Å². The summed E-state index contributed by atoms with van der Waals surface area (Å²) in [5.74, 6) is 2.08. The number of aromatic nitrogens is 2. The summed E-state index contributed by atoms with van der Waals surface area (Å²) in [4.78, 5) is 28.9. The molecule has 2 aliphatic rings. The van der Waals surface area contributed by atoms with Crippen LogP contribution < -0.4 is 4.90 Å². The number of piperidine rings is 1. The van der Waals surface area contributed by atoms with Crippen LogP contribution in [-0.2, 0) is 16.1 Å². The van der Waals surface area contributed by atoms with Crippen LogP contribution in [0.1, 0.15) is 50.4 Å². The van der Waals surface area contributed by atoms with Crippen molar-refractivity contribution >= 4 is 22.6 Å². The fourth-order valence-electron chi connectivity index (χ4n) is 5.11. The molecule has 2 fully saturated rings. The lowest BCUT2D eigenvalue weighted by molar-refractivity contribution is -0.128. The van der Waals surface area contributed by atoms with Crippen LogP contribution in [0, 0.1) is 6.92 Å². The van der Waals surface area contributed by atoms with Crippen molar-refractivity contribution in [1.82, 2.24) is 19.8 Å². The van der Waals surface area contributed by atoms with Gasteiger partial charge in [0, 0.05) is 58.2 Å². The minimum Gasteiger partial charge on any atom is -0.385 e. The summed E-state index contributed by atoms with van der Waals surface area (Å²) in [5.41, 5.74) is 2.23. The Kier molecular flexibility index (Phi) is 7.58. The quantitative estimate of drug-likeness (QED) is 0.688. The number of carbonyl (C=O) groups is 1. The summed E-state index contributed by atoms with van der Waals surface area (Å²) in [6.45, 7) is 9.73. The molecule has 0 N–H and O–H groups in total. The Morgan fingerprint density at radius 3 is 2.78 bits per heavy atom. The Morgan fingerprint density at radius 1 is 1.09 bits per heavy atom. The number of anilines is 1. The van der Waals surface area contributed by atoms with Gasteiger partial charge in [0.1, 0.15) is 11.6 Å². The maximum absolute atomic E-state index is 11.9. The first kappa shape index (κ1) is 22.9. The van der Waals surface area contributed by atoms with Crippen LogP contribution in [0.5, 0.6) is 0 Å². The minimum absolute atomic E-state index is 0.156. The van der Waals surface area contributed by atoms with Crippen LogP contribution in [0.2, 0.25) is 0 Å². The van der Waals surface area contributed by atoms with Crippen LogP contribution in [0.15, 0.2) is 18.2 Å². The van der Waals surface area contributed by atoms with Crippen LogP contribution in [0.4, 0.5) is 5.82 Å². The molecule has 1 aromatic carbocycles. The second kappa shape index (κ2) is 10.6. The van der Waals surface area contributed by atoms with Crippen molar-refractivity contribution in [2.75, 3.05) is 51.3 Å². The van der Waals surface area contributed by atoms with Gasteiger partial charge in [0.25, 0.3) is 0 Å². The summed E-state index contributed by atoms with van der Waals surface area (Å²) in [6.07, 6.45) is 5.75. The van der Waals surface area contributed by atoms with E-state index in [1.807, 2.05) is 4.90 Å². The Bertz CT molecular complexity index is 934. The molecule has 4 rings (SSSR count). The van der Waals surface area contributed by atoms with Gasteiger partial charge in [0.2, 0.25) is 5.91 Å². The molecule has 174 valence electrons. The van der Waals surface area contributed by atoms with Gasteiger partial charge in [-0.2, -0.15) is 0 Å². The highest BCUT2D eigenvalue weighted by atomic mass is 16.5. The predicted octanol–water partition coefficient (Wildman–Crippen LogP) is 3.39. The molecule has 0 unspecified atom stereocenters. The highest BCUT2D eigenvalue weighted by Crippen LogP contribution is 2.28. The minimum atomic E-state index is 0.156. The number of methoxy groups -OCH3 is 1. The zero-order chi connectivity index (χ0) is 22.5. The molecule has 0 radical (unpaired) electrons. The first-order chi connectivity index (χ1) is 15.6. The zero-order valence-electron chi connectivity index (χ0n) is 19.8. The van der Waals surface area contributed by atoms with E-state index >= 15 is 0 Å². The molecule has 2 aliphatic heterocycles. The van der Waals surface area contributed by atoms with E-state index in [-0.39, 0.29) is 5.91 Å². The Balaban J connectivity index is 1.64. The fourth-order valence-corrected chi connectivity index (χ4v) is 5.11.